The average molecular weight is 597 g/mol. The molecule has 4 aromatic carbocycles. The van der Waals surface area contributed by atoms with E-state index in [0.717, 1.165) is 47.9 Å². The van der Waals surface area contributed by atoms with Crippen LogP contribution in [0.2, 0.25) is 0 Å². The monoisotopic (exact) mass is 596 g/mol. The van der Waals surface area contributed by atoms with Gasteiger partial charge in [0.1, 0.15) is 23.0 Å². The molecule has 0 fully saturated rings. The van der Waals surface area contributed by atoms with Crippen LogP contribution in [0.25, 0.3) is 0 Å². The maximum Gasteiger partial charge on any atom is 0.138 e. The Balaban J connectivity index is 0.000000177. The number of nitrogen functional groups attached to an aromatic ring is 4. The summed E-state index contributed by atoms with van der Waals surface area (Å²) in [5.74, 6) is 0.998. The van der Waals surface area contributed by atoms with Gasteiger partial charge in [-0.25, -0.2) is 0 Å². The first kappa shape index (κ1) is 30.7. The van der Waals surface area contributed by atoms with E-state index in [0.29, 0.717) is 28.7 Å². The topological polar surface area (TPSA) is 185 Å². The molecule has 0 aromatic heterocycles. The van der Waals surface area contributed by atoms with Gasteiger partial charge in [0.25, 0.3) is 0 Å². The van der Waals surface area contributed by atoms with Crippen molar-refractivity contribution in [2.45, 2.75) is 76.0 Å². The van der Waals surface area contributed by atoms with Gasteiger partial charge in [0.15, 0.2) is 0 Å². The summed E-state index contributed by atoms with van der Waals surface area (Å²) < 4.78 is 0. The van der Waals surface area contributed by atoms with Crippen LogP contribution in [0.3, 0.4) is 0 Å². The van der Waals surface area contributed by atoms with Crippen LogP contribution in [0.15, 0.2) is 60.7 Å². The second kappa shape index (κ2) is 11.1. The van der Waals surface area contributed by atoms with Crippen LogP contribution in [0, 0.1) is 0 Å². The van der Waals surface area contributed by atoms with Gasteiger partial charge >= 0.3 is 0 Å². The molecule has 0 aliphatic heterocycles. The van der Waals surface area contributed by atoms with E-state index in [9.17, 15) is 20.4 Å². The molecule has 8 nitrogen and oxygen atoms in total. The molecular formula is C36H44N4O4. The summed E-state index contributed by atoms with van der Waals surface area (Å²) in [6.07, 6.45) is 3.74. The zero-order chi connectivity index (χ0) is 32.1. The summed E-state index contributed by atoms with van der Waals surface area (Å²) in [5, 5.41) is 39.4. The van der Waals surface area contributed by atoms with Crippen LogP contribution in [-0.4, -0.2) is 20.4 Å². The summed E-state index contributed by atoms with van der Waals surface area (Å²) in [7, 11) is 0. The Hall–Kier alpha value is -4.72. The number of nitrogens with two attached hydrogens (primary N) is 4. The molecule has 0 bridgehead atoms. The lowest BCUT2D eigenvalue weighted by Crippen LogP contribution is -2.27. The van der Waals surface area contributed by atoms with Gasteiger partial charge in [-0.2, -0.15) is 0 Å². The Labute approximate surface area is 259 Å². The molecule has 4 aromatic rings. The molecule has 0 spiro atoms. The van der Waals surface area contributed by atoms with E-state index in [2.05, 4.69) is 27.7 Å². The third-order valence-electron chi connectivity index (χ3n) is 10.2. The second-order valence-corrected chi connectivity index (χ2v) is 12.8. The lowest BCUT2D eigenvalue weighted by atomic mass is 9.70. The Bertz CT molecular complexity index is 1740. The Kier molecular flexibility index (Phi) is 7.74. The minimum atomic E-state index is -0.243. The van der Waals surface area contributed by atoms with Crippen LogP contribution >= 0.6 is 0 Å². The van der Waals surface area contributed by atoms with Crippen LogP contribution in [0.5, 0.6) is 23.0 Å². The third kappa shape index (κ3) is 4.98. The number of hydrogen-bond acceptors (Lipinski definition) is 8. The van der Waals surface area contributed by atoms with Gasteiger partial charge in [-0.1, -0.05) is 39.8 Å². The van der Waals surface area contributed by atoms with Crippen molar-refractivity contribution in [3.8, 4) is 23.0 Å². The molecule has 0 saturated carbocycles. The van der Waals surface area contributed by atoms with Gasteiger partial charge in [0.05, 0.1) is 22.7 Å². The number of anilines is 4. The predicted molar refractivity (Wildman–Crippen MR) is 178 cm³/mol. The first-order chi connectivity index (χ1) is 20.7. The van der Waals surface area contributed by atoms with E-state index in [4.69, 9.17) is 22.9 Å². The van der Waals surface area contributed by atoms with E-state index in [1.807, 2.05) is 36.4 Å². The van der Waals surface area contributed by atoms with Crippen molar-refractivity contribution in [3.05, 3.63) is 94.0 Å². The van der Waals surface area contributed by atoms with Crippen molar-refractivity contribution in [1.29, 1.82) is 0 Å². The van der Waals surface area contributed by atoms with Gasteiger partial charge in [-0.3, -0.25) is 0 Å². The van der Waals surface area contributed by atoms with Gasteiger partial charge in [-0.15, -0.1) is 0 Å². The van der Waals surface area contributed by atoms with Crippen LogP contribution in [0.4, 0.5) is 22.7 Å². The smallest absolute Gasteiger partial charge is 0.138 e. The molecule has 6 rings (SSSR count). The van der Waals surface area contributed by atoms with E-state index in [1.165, 1.54) is 11.1 Å². The number of phenols is 4. The second-order valence-electron chi connectivity index (χ2n) is 12.8. The lowest BCUT2D eigenvalue weighted by molar-refractivity contribution is 0.358. The molecule has 2 aliphatic rings. The number of hydrogen-bond donors (Lipinski definition) is 8. The Morgan fingerprint density at radius 3 is 1.86 bits per heavy atom. The van der Waals surface area contributed by atoms with Crippen LogP contribution < -0.4 is 22.9 Å². The van der Waals surface area contributed by atoms with Crippen molar-refractivity contribution in [2.24, 2.45) is 0 Å². The molecular weight excluding hydrogens is 552 g/mol. The molecule has 44 heavy (non-hydrogen) atoms. The standard InChI is InChI=1S/C20H26N2O2.C16H18N2O2/c1-4-19(3)11-20(5-2,12-6-7-17(23)15(21)8-12)14-10-18(24)16(22)9-13(14)19;1-8-4-11(9-2-3-15(19)13(17)5-9)12-7-16(20)14(18)6-10(8)12/h6-10,23-24H,4-5,11,21-22H2,1-3H3;2-3,5-8,11,19-20H,4,17-18H2,1H3. The van der Waals surface area contributed by atoms with Crippen LogP contribution in [0.1, 0.15) is 98.6 Å². The maximum atomic E-state index is 10.2. The highest BCUT2D eigenvalue weighted by Gasteiger charge is 2.49. The maximum absolute atomic E-state index is 10.2. The highest BCUT2D eigenvalue weighted by Crippen LogP contribution is 2.58. The SMILES string of the molecule is CC1CC(c2ccc(O)c(N)c2)c2cc(O)c(N)cc21.CCC1(C)CC(CC)(c2ccc(O)c(N)c2)c2cc(O)c(N)cc21. The average Bonchev–Trinajstić information content (AvgIpc) is 3.44. The Morgan fingerprint density at radius 1 is 0.659 bits per heavy atom. The van der Waals surface area contributed by atoms with Crippen molar-refractivity contribution < 1.29 is 20.4 Å². The highest BCUT2D eigenvalue weighted by atomic mass is 16.3. The number of fused-ring (bicyclic) bond motifs is 2. The fraction of sp³-hybridized carbons (Fsp3) is 0.333. The fourth-order valence-corrected chi connectivity index (χ4v) is 7.38. The lowest BCUT2D eigenvalue weighted by Gasteiger charge is -2.33. The molecule has 0 amide bonds. The number of aromatic hydroxyl groups is 4. The molecule has 4 unspecified atom stereocenters. The van der Waals surface area contributed by atoms with Gasteiger partial charge in [0.2, 0.25) is 0 Å². The molecule has 8 heteroatoms. The summed E-state index contributed by atoms with van der Waals surface area (Å²) in [4.78, 5) is 0. The fourth-order valence-electron chi connectivity index (χ4n) is 7.38. The van der Waals surface area contributed by atoms with Crippen LogP contribution in [-0.2, 0) is 10.8 Å². The molecule has 0 heterocycles. The van der Waals surface area contributed by atoms with E-state index < -0.39 is 0 Å². The minimum Gasteiger partial charge on any atom is -0.506 e. The van der Waals surface area contributed by atoms with Crippen molar-refractivity contribution in [1.82, 2.24) is 0 Å². The van der Waals surface area contributed by atoms with Gasteiger partial charge in [0, 0.05) is 11.3 Å². The zero-order valence-corrected chi connectivity index (χ0v) is 25.9. The molecule has 4 atom stereocenters. The first-order valence-corrected chi connectivity index (χ1v) is 15.2. The quantitative estimate of drug-likeness (QED) is 0.0920. The third-order valence-corrected chi connectivity index (χ3v) is 10.2. The van der Waals surface area contributed by atoms with Crippen molar-refractivity contribution in [2.75, 3.05) is 22.9 Å². The highest BCUT2D eigenvalue weighted by molar-refractivity contribution is 5.66. The van der Waals surface area contributed by atoms with E-state index in [-0.39, 0.29) is 39.7 Å². The number of benzene rings is 4. The molecule has 232 valence electrons. The summed E-state index contributed by atoms with van der Waals surface area (Å²) >= 11 is 0. The Morgan fingerprint density at radius 2 is 1.25 bits per heavy atom. The first-order valence-electron chi connectivity index (χ1n) is 15.2. The molecule has 0 radical (unpaired) electrons. The van der Waals surface area contributed by atoms with E-state index in [1.54, 1.807) is 24.3 Å². The molecule has 0 saturated heterocycles. The predicted octanol–water partition coefficient (Wildman–Crippen LogP) is 6.93. The summed E-state index contributed by atoms with van der Waals surface area (Å²) in [5.41, 5.74) is 31.5. The van der Waals surface area contributed by atoms with Gasteiger partial charge in [-0.05, 0) is 119 Å². The number of phenolic OH excluding ortho intramolecular Hbond substituents is 4. The van der Waals surface area contributed by atoms with Crippen molar-refractivity contribution in [3.63, 3.8) is 0 Å². The zero-order valence-electron chi connectivity index (χ0n) is 25.9. The largest absolute Gasteiger partial charge is 0.506 e. The number of rotatable bonds is 4. The minimum absolute atomic E-state index is 0.0141. The van der Waals surface area contributed by atoms with Gasteiger partial charge < -0.3 is 43.4 Å². The normalized spacial score (nSPS) is 23.5. The summed E-state index contributed by atoms with van der Waals surface area (Å²) in [6.45, 7) is 8.74. The van der Waals surface area contributed by atoms with E-state index >= 15 is 0 Å². The summed E-state index contributed by atoms with van der Waals surface area (Å²) in [6, 6.07) is 18.1. The van der Waals surface area contributed by atoms with Crippen molar-refractivity contribution >= 4 is 22.7 Å². The molecule has 12 N–H and O–H groups in total. The molecule has 2 aliphatic carbocycles.